The van der Waals surface area contributed by atoms with Gasteiger partial charge < -0.3 is 14.6 Å². The van der Waals surface area contributed by atoms with Crippen LogP contribution in [0.1, 0.15) is 65.7 Å². The number of rotatable bonds is 3. The molecule has 5 nitrogen and oxygen atoms in total. The van der Waals surface area contributed by atoms with Gasteiger partial charge in [0.1, 0.15) is 0 Å². The molecule has 0 unspecified atom stereocenters. The van der Waals surface area contributed by atoms with Gasteiger partial charge in [0.2, 0.25) is 5.79 Å². The molecule has 1 spiro atoms. The van der Waals surface area contributed by atoms with Crippen LogP contribution in [0.15, 0.2) is 0 Å². The molecule has 5 rings (SSSR count). The summed E-state index contributed by atoms with van der Waals surface area (Å²) in [5, 5.41) is 10.6. The molecule has 1 saturated carbocycles. The zero-order chi connectivity index (χ0) is 16.2. The van der Waals surface area contributed by atoms with Crippen molar-refractivity contribution in [2.75, 3.05) is 0 Å². The van der Waals surface area contributed by atoms with Crippen molar-refractivity contribution in [2.45, 2.75) is 89.7 Å². The minimum atomic E-state index is -0.761. The van der Waals surface area contributed by atoms with Crippen molar-refractivity contribution in [3.8, 4) is 0 Å². The standard InChI is InChI=1S/C18H30O5/c1-4-5-6-12-14-8-7-11(2)13-9-10-17(3)21-16(20-15(12)19)18(13,14)23-22-17/h11-16,19H,4-10H2,1-3H3/t11-,12-,13+,14+,15+,16-,17-,18-/m1/s1. The van der Waals surface area contributed by atoms with Gasteiger partial charge in [0.25, 0.3) is 0 Å². The van der Waals surface area contributed by atoms with E-state index < -0.39 is 24.0 Å². The Balaban J connectivity index is 1.73. The molecule has 0 radical (unpaired) electrons. The van der Waals surface area contributed by atoms with Crippen molar-refractivity contribution >= 4 is 0 Å². The van der Waals surface area contributed by atoms with Gasteiger partial charge in [-0.25, -0.2) is 9.78 Å². The molecule has 0 aromatic heterocycles. The van der Waals surface area contributed by atoms with E-state index in [1.807, 2.05) is 6.92 Å². The molecule has 23 heavy (non-hydrogen) atoms. The van der Waals surface area contributed by atoms with Gasteiger partial charge in [-0.2, -0.15) is 0 Å². The number of aliphatic hydroxyl groups excluding tert-OH is 1. The van der Waals surface area contributed by atoms with E-state index in [1.165, 1.54) is 6.42 Å². The highest BCUT2D eigenvalue weighted by Gasteiger charge is 2.69. The smallest absolute Gasteiger partial charge is 0.201 e. The van der Waals surface area contributed by atoms with E-state index in [0.717, 1.165) is 38.5 Å². The second-order valence-corrected chi connectivity index (χ2v) is 8.24. The quantitative estimate of drug-likeness (QED) is 0.806. The van der Waals surface area contributed by atoms with Crippen LogP contribution >= 0.6 is 0 Å². The molecular weight excluding hydrogens is 296 g/mol. The van der Waals surface area contributed by atoms with Crippen LogP contribution in [-0.4, -0.2) is 29.1 Å². The first kappa shape index (κ1) is 16.3. The first-order chi connectivity index (χ1) is 11.0. The Hall–Kier alpha value is -0.200. The first-order valence-electron chi connectivity index (χ1n) is 9.38. The topological polar surface area (TPSA) is 57.2 Å². The number of hydrogen-bond donors (Lipinski definition) is 1. The summed E-state index contributed by atoms with van der Waals surface area (Å²) in [6, 6.07) is 0. The van der Waals surface area contributed by atoms with E-state index in [1.54, 1.807) is 0 Å². The number of unbranched alkanes of at least 4 members (excludes halogenated alkanes) is 1. The molecule has 5 fully saturated rings. The van der Waals surface area contributed by atoms with Crippen molar-refractivity contribution in [3.63, 3.8) is 0 Å². The highest BCUT2D eigenvalue weighted by Crippen LogP contribution is 2.60. The average molecular weight is 326 g/mol. The second-order valence-electron chi connectivity index (χ2n) is 8.24. The summed E-state index contributed by atoms with van der Waals surface area (Å²) in [5.74, 6) is 0.523. The Kier molecular flexibility index (Phi) is 4.01. The molecule has 0 amide bonds. The predicted molar refractivity (Wildman–Crippen MR) is 82.9 cm³/mol. The Morgan fingerprint density at radius 2 is 1.96 bits per heavy atom. The van der Waals surface area contributed by atoms with Gasteiger partial charge in [-0.05, 0) is 44.4 Å². The highest BCUT2D eigenvalue weighted by molar-refractivity contribution is 5.09. The summed E-state index contributed by atoms with van der Waals surface area (Å²) >= 11 is 0. The SMILES string of the molecule is CCCC[C@H]1[C@@H](O)O[C@@H]2O[C@@]3(C)CC[C@H]4[C@H](C)CC[C@@H]1[C@@]24OO3. The van der Waals surface area contributed by atoms with Crippen LogP contribution in [0.2, 0.25) is 0 Å². The Labute approximate surface area is 138 Å². The fourth-order valence-electron chi connectivity index (χ4n) is 5.52. The fourth-order valence-corrected chi connectivity index (χ4v) is 5.52. The zero-order valence-electron chi connectivity index (χ0n) is 14.5. The van der Waals surface area contributed by atoms with Gasteiger partial charge in [0.15, 0.2) is 18.2 Å². The maximum absolute atomic E-state index is 10.6. The third-order valence-electron chi connectivity index (χ3n) is 6.81. The third-order valence-corrected chi connectivity index (χ3v) is 6.81. The average Bonchev–Trinajstić information content (AvgIpc) is 2.74. The lowest BCUT2D eigenvalue weighted by molar-refractivity contribution is -0.577. The molecule has 132 valence electrons. The van der Waals surface area contributed by atoms with E-state index in [0.29, 0.717) is 11.8 Å². The summed E-state index contributed by atoms with van der Waals surface area (Å²) in [4.78, 5) is 11.9. The molecule has 5 aliphatic rings. The predicted octanol–water partition coefficient (Wildman–Crippen LogP) is 3.36. The first-order valence-corrected chi connectivity index (χ1v) is 9.38. The number of hydrogen-bond acceptors (Lipinski definition) is 5. The fraction of sp³-hybridized carbons (Fsp3) is 1.00. The molecule has 0 aromatic carbocycles. The van der Waals surface area contributed by atoms with Crippen LogP contribution in [0.5, 0.6) is 0 Å². The number of fused-ring (bicyclic) bond motifs is 2. The minimum Gasteiger partial charge on any atom is -0.368 e. The van der Waals surface area contributed by atoms with E-state index in [9.17, 15) is 5.11 Å². The van der Waals surface area contributed by atoms with Crippen molar-refractivity contribution in [3.05, 3.63) is 0 Å². The molecule has 4 saturated heterocycles. The van der Waals surface area contributed by atoms with Crippen LogP contribution in [0.4, 0.5) is 0 Å². The van der Waals surface area contributed by atoms with Gasteiger partial charge in [0.05, 0.1) is 0 Å². The van der Waals surface area contributed by atoms with Crippen molar-refractivity contribution < 1.29 is 24.4 Å². The molecular formula is C18H30O5. The maximum atomic E-state index is 10.6. The molecule has 1 aliphatic carbocycles. The normalized spacial score (nSPS) is 55.3. The molecule has 4 heterocycles. The molecule has 4 aliphatic heterocycles. The lowest BCUT2D eigenvalue weighted by Crippen LogP contribution is -2.70. The Morgan fingerprint density at radius 1 is 1.13 bits per heavy atom. The van der Waals surface area contributed by atoms with Crippen LogP contribution in [0, 0.1) is 23.7 Å². The summed E-state index contributed by atoms with van der Waals surface area (Å²) < 4.78 is 12.2. The lowest BCUT2D eigenvalue weighted by atomic mass is 9.57. The van der Waals surface area contributed by atoms with Gasteiger partial charge in [0, 0.05) is 18.3 Å². The van der Waals surface area contributed by atoms with E-state index in [2.05, 4.69) is 13.8 Å². The Morgan fingerprint density at radius 3 is 2.74 bits per heavy atom. The van der Waals surface area contributed by atoms with E-state index in [-0.39, 0.29) is 11.8 Å². The summed E-state index contributed by atoms with van der Waals surface area (Å²) in [5.41, 5.74) is -0.550. The number of aliphatic hydroxyl groups is 1. The van der Waals surface area contributed by atoms with Crippen LogP contribution in [0.3, 0.4) is 0 Å². The summed E-state index contributed by atoms with van der Waals surface area (Å²) in [7, 11) is 0. The van der Waals surface area contributed by atoms with Crippen LogP contribution < -0.4 is 0 Å². The highest BCUT2D eigenvalue weighted by atomic mass is 17.3. The summed E-state index contributed by atoms with van der Waals surface area (Å²) in [6.45, 7) is 6.40. The van der Waals surface area contributed by atoms with Crippen molar-refractivity contribution in [2.24, 2.45) is 23.7 Å². The van der Waals surface area contributed by atoms with Crippen LogP contribution in [-0.2, 0) is 19.2 Å². The molecule has 2 bridgehead atoms. The van der Waals surface area contributed by atoms with E-state index >= 15 is 0 Å². The monoisotopic (exact) mass is 326 g/mol. The number of ether oxygens (including phenoxy) is 2. The Bertz CT molecular complexity index is 457. The largest absolute Gasteiger partial charge is 0.368 e. The zero-order valence-corrected chi connectivity index (χ0v) is 14.5. The third kappa shape index (κ3) is 2.31. The molecule has 1 N–H and O–H groups in total. The maximum Gasteiger partial charge on any atom is 0.201 e. The van der Waals surface area contributed by atoms with Crippen molar-refractivity contribution in [1.82, 2.24) is 0 Å². The lowest BCUT2D eigenvalue weighted by Gasteiger charge is -2.60. The molecule has 0 aromatic rings. The van der Waals surface area contributed by atoms with Gasteiger partial charge >= 0.3 is 0 Å². The van der Waals surface area contributed by atoms with Gasteiger partial charge in [-0.1, -0.05) is 26.7 Å². The van der Waals surface area contributed by atoms with Gasteiger partial charge in [-0.15, -0.1) is 0 Å². The van der Waals surface area contributed by atoms with Crippen molar-refractivity contribution in [1.29, 1.82) is 0 Å². The second kappa shape index (κ2) is 5.67. The molecule has 8 atom stereocenters. The van der Waals surface area contributed by atoms with E-state index in [4.69, 9.17) is 19.2 Å². The van der Waals surface area contributed by atoms with Gasteiger partial charge in [-0.3, -0.25) is 0 Å². The molecule has 5 heteroatoms. The minimum absolute atomic E-state index is 0.107. The van der Waals surface area contributed by atoms with Crippen LogP contribution in [0.25, 0.3) is 0 Å². The summed E-state index contributed by atoms with van der Waals surface area (Å²) in [6.07, 6.45) is 5.98.